The molecule has 14 heavy (non-hydrogen) atoms. The van der Waals surface area contributed by atoms with Gasteiger partial charge in [0.15, 0.2) is 5.43 Å². The van der Waals surface area contributed by atoms with Gasteiger partial charge in [-0.2, -0.15) is 0 Å². The number of hydrogen-bond donors (Lipinski definition) is 1. The molecule has 2 rings (SSSR count). The molecule has 3 nitrogen and oxygen atoms in total. The number of aromatic nitrogens is 1. The van der Waals surface area contributed by atoms with Crippen LogP contribution in [0.25, 0.3) is 10.9 Å². The van der Waals surface area contributed by atoms with Crippen LogP contribution in [0.15, 0.2) is 41.3 Å². The normalized spacial score (nSPS) is 10.6. The third kappa shape index (κ3) is 1.42. The molecule has 0 atom stereocenters. The van der Waals surface area contributed by atoms with Gasteiger partial charge in [0.05, 0.1) is 12.1 Å². The van der Waals surface area contributed by atoms with Crippen LogP contribution in [0.2, 0.25) is 0 Å². The molecule has 0 unspecified atom stereocenters. The van der Waals surface area contributed by atoms with Crippen molar-refractivity contribution in [2.45, 2.75) is 6.54 Å². The third-order valence-electron chi connectivity index (χ3n) is 2.23. The lowest BCUT2D eigenvalue weighted by atomic mass is 10.2. The van der Waals surface area contributed by atoms with E-state index in [-0.39, 0.29) is 12.0 Å². The zero-order valence-electron chi connectivity index (χ0n) is 7.68. The van der Waals surface area contributed by atoms with Crippen LogP contribution >= 0.6 is 0 Å². The fourth-order valence-electron chi connectivity index (χ4n) is 1.56. The molecule has 1 aromatic heterocycles. The Balaban J connectivity index is 2.75. The van der Waals surface area contributed by atoms with E-state index in [4.69, 9.17) is 5.11 Å². The second-order valence-electron chi connectivity index (χ2n) is 3.11. The molecule has 3 heteroatoms. The SMILES string of the molecule is O=c1ccn(CCO)c2ccccc12. The van der Waals surface area contributed by atoms with E-state index in [0.29, 0.717) is 11.9 Å². The topological polar surface area (TPSA) is 42.2 Å². The van der Waals surface area contributed by atoms with Crippen LogP contribution in [0.4, 0.5) is 0 Å². The highest BCUT2D eigenvalue weighted by molar-refractivity contribution is 5.78. The zero-order chi connectivity index (χ0) is 9.97. The molecule has 0 amide bonds. The van der Waals surface area contributed by atoms with Gasteiger partial charge in [-0.15, -0.1) is 0 Å². The predicted octanol–water partition coefficient (Wildman–Crippen LogP) is 0.994. The summed E-state index contributed by atoms with van der Waals surface area (Å²) < 4.78 is 1.87. The molecule has 0 spiro atoms. The summed E-state index contributed by atoms with van der Waals surface area (Å²) >= 11 is 0. The Morgan fingerprint density at radius 1 is 1.21 bits per heavy atom. The molecule has 72 valence electrons. The van der Waals surface area contributed by atoms with Crippen molar-refractivity contribution in [3.63, 3.8) is 0 Å². The first kappa shape index (κ1) is 8.97. The molecule has 0 saturated heterocycles. The molecule has 0 radical (unpaired) electrons. The fourth-order valence-corrected chi connectivity index (χ4v) is 1.56. The second kappa shape index (κ2) is 3.64. The summed E-state index contributed by atoms with van der Waals surface area (Å²) in [5.74, 6) is 0. The van der Waals surface area contributed by atoms with E-state index >= 15 is 0 Å². The smallest absolute Gasteiger partial charge is 0.189 e. The molecular formula is C11H11NO2. The Labute approximate surface area is 81.2 Å². The highest BCUT2D eigenvalue weighted by Crippen LogP contribution is 2.08. The van der Waals surface area contributed by atoms with E-state index < -0.39 is 0 Å². The van der Waals surface area contributed by atoms with Crippen LogP contribution in [-0.4, -0.2) is 16.3 Å². The van der Waals surface area contributed by atoms with Crippen LogP contribution in [0, 0.1) is 0 Å². The minimum absolute atomic E-state index is 0.0230. The van der Waals surface area contributed by atoms with Gasteiger partial charge in [-0.25, -0.2) is 0 Å². The van der Waals surface area contributed by atoms with E-state index in [2.05, 4.69) is 0 Å². The van der Waals surface area contributed by atoms with Gasteiger partial charge in [-0.05, 0) is 12.1 Å². The monoisotopic (exact) mass is 189 g/mol. The molecular weight excluding hydrogens is 178 g/mol. The number of rotatable bonds is 2. The van der Waals surface area contributed by atoms with Gasteiger partial charge in [0.25, 0.3) is 0 Å². The predicted molar refractivity (Wildman–Crippen MR) is 55.3 cm³/mol. The van der Waals surface area contributed by atoms with Crippen molar-refractivity contribution in [3.05, 3.63) is 46.8 Å². The Kier molecular flexibility index (Phi) is 2.33. The maximum Gasteiger partial charge on any atom is 0.189 e. The molecule has 0 aliphatic heterocycles. The number of nitrogens with zero attached hydrogens (tertiary/aromatic N) is 1. The molecule has 0 aliphatic rings. The highest BCUT2D eigenvalue weighted by atomic mass is 16.3. The van der Waals surface area contributed by atoms with Gasteiger partial charge in [0.1, 0.15) is 0 Å². The average molecular weight is 189 g/mol. The summed E-state index contributed by atoms with van der Waals surface area (Å²) in [4.78, 5) is 11.5. The van der Waals surface area contributed by atoms with Crippen molar-refractivity contribution < 1.29 is 5.11 Å². The van der Waals surface area contributed by atoms with Crippen molar-refractivity contribution >= 4 is 10.9 Å². The quantitative estimate of drug-likeness (QED) is 0.765. The molecule has 1 heterocycles. The lowest BCUT2D eigenvalue weighted by molar-refractivity contribution is 0.278. The molecule has 0 bridgehead atoms. The van der Waals surface area contributed by atoms with Crippen LogP contribution in [-0.2, 0) is 6.54 Å². The molecule has 0 aliphatic carbocycles. The number of benzene rings is 1. The Bertz CT molecular complexity index is 502. The number of aliphatic hydroxyl groups is 1. The average Bonchev–Trinajstić information content (AvgIpc) is 2.23. The van der Waals surface area contributed by atoms with Crippen LogP contribution < -0.4 is 5.43 Å². The van der Waals surface area contributed by atoms with Crippen molar-refractivity contribution in [2.75, 3.05) is 6.61 Å². The summed E-state index contributed by atoms with van der Waals surface area (Å²) in [5.41, 5.74) is 0.892. The molecule has 1 aromatic carbocycles. The van der Waals surface area contributed by atoms with Gasteiger partial charge in [-0.1, -0.05) is 12.1 Å². The number of hydrogen-bond acceptors (Lipinski definition) is 2. The van der Waals surface area contributed by atoms with Crippen molar-refractivity contribution in [1.82, 2.24) is 4.57 Å². The van der Waals surface area contributed by atoms with E-state index in [1.165, 1.54) is 6.07 Å². The van der Waals surface area contributed by atoms with Gasteiger partial charge in [0.2, 0.25) is 0 Å². The molecule has 0 fully saturated rings. The Hall–Kier alpha value is -1.61. The maximum absolute atomic E-state index is 11.5. The highest BCUT2D eigenvalue weighted by Gasteiger charge is 1.99. The Morgan fingerprint density at radius 2 is 2.00 bits per heavy atom. The standard InChI is InChI=1S/C11H11NO2/c13-8-7-12-6-5-11(14)9-3-1-2-4-10(9)12/h1-6,13H,7-8H2. The number of para-hydroxylation sites is 1. The van der Waals surface area contributed by atoms with Crippen molar-refractivity contribution in [2.24, 2.45) is 0 Å². The van der Waals surface area contributed by atoms with E-state index in [9.17, 15) is 4.79 Å². The first-order valence-corrected chi connectivity index (χ1v) is 4.52. The van der Waals surface area contributed by atoms with Crippen molar-refractivity contribution in [3.8, 4) is 0 Å². The van der Waals surface area contributed by atoms with E-state index in [1.807, 2.05) is 22.8 Å². The third-order valence-corrected chi connectivity index (χ3v) is 2.23. The first-order valence-electron chi connectivity index (χ1n) is 4.52. The zero-order valence-corrected chi connectivity index (χ0v) is 7.68. The van der Waals surface area contributed by atoms with E-state index in [1.54, 1.807) is 12.3 Å². The largest absolute Gasteiger partial charge is 0.395 e. The summed E-state index contributed by atoms with van der Waals surface area (Å²) in [6.07, 6.45) is 1.71. The minimum atomic E-state index is 0.0230. The van der Waals surface area contributed by atoms with Crippen LogP contribution in [0.5, 0.6) is 0 Å². The number of aliphatic hydroxyl groups excluding tert-OH is 1. The summed E-state index contributed by atoms with van der Waals surface area (Å²) in [7, 11) is 0. The molecule has 1 N–H and O–H groups in total. The molecule has 0 saturated carbocycles. The molecule has 2 aromatic rings. The summed E-state index contributed by atoms with van der Waals surface area (Å²) in [6, 6.07) is 8.93. The van der Waals surface area contributed by atoms with Gasteiger partial charge < -0.3 is 9.67 Å². The Morgan fingerprint density at radius 3 is 2.79 bits per heavy atom. The minimum Gasteiger partial charge on any atom is -0.395 e. The van der Waals surface area contributed by atoms with Gasteiger partial charge in [-0.3, -0.25) is 4.79 Å². The fraction of sp³-hybridized carbons (Fsp3) is 0.182. The summed E-state index contributed by atoms with van der Waals surface area (Å²) in [5, 5.41) is 9.55. The van der Waals surface area contributed by atoms with Crippen molar-refractivity contribution in [1.29, 1.82) is 0 Å². The number of pyridine rings is 1. The number of fused-ring (bicyclic) bond motifs is 1. The first-order chi connectivity index (χ1) is 6.83. The lowest BCUT2D eigenvalue weighted by Gasteiger charge is -2.07. The van der Waals surface area contributed by atoms with Crippen LogP contribution in [0.1, 0.15) is 0 Å². The van der Waals surface area contributed by atoms with E-state index in [0.717, 1.165) is 5.52 Å². The van der Waals surface area contributed by atoms with Gasteiger partial charge >= 0.3 is 0 Å². The lowest BCUT2D eigenvalue weighted by Crippen LogP contribution is -2.09. The maximum atomic E-state index is 11.5. The van der Waals surface area contributed by atoms with Gasteiger partial charge in [0, 0.05) is 24.2 Å². The second-order valence-corrected chi connectivity index (χ2v) is 3.11. The van der Waals surface area contributed by atoms with Crippen LogP contribution in [0.3, 0.4) is 0 Å². The summed E-state index contributed by atoms with van der Waals surface area (Å²) in [6.45, 7) is 0.591.